The van der Waals surface area contributed by atoms with Crippen LogP contribution in [0.2, 0.25) is 0 Å². The van der Waals surface area contributed by atoms with Gasteiger partial charge in [0, 0.05) is 11.4 Å². The van der Waals surface area contributed by atoms with Crippen molar-refractivity contribution in [1.29, 1.82) is 0 Å². The largest absolute Gasteiger partial charge is 0.497 e. The topological polar surface area (TPSA) is 45.1 Å². The Balaban J connectivity index is 1.53. The Morgan fingerprint density at radius 2 is 1.36 bits per heavy atom. The van der Waals surface area contributed by atoms with Gasteiger partial charge in [-0.2, -0.15) is 0 Å². The number of anilines is 2. The summed E-state index contributed by atoms with van der Waals surface area (Å²) in [6.07, 6.45) is 1.91. The minimum atomic E-state index is -0.0811. The number of thioether (sulfide) groups is 1. The van der Waals surface area contributed by atoms with Gasteiger partial charge in [-0.1, -0.05) is 66.7 Å². The molecule has 0 bridgehead atoms. The Hall–Kier alpha value is -4.29. The quantitative estimate of drug-likeness (QED) is 0.259. The molecule has 0 spiro atoms. The highest BCUT2D eigenvalue weighted by Crippen LogP contribution is 2.36. The van der Waals surface area contributed by atoms with Gasteiger partial charge < -0.3 is 9.64 Å². The fourth-order valence-corrected chi connectivity index (χ4v) is 4.84. The van der Waals surface area contributed by atoms with Crippen LogP contribution in [0.3, 0.4) is 0 Å². The maximum absolute atomic E-state index is 13.7. The van der Waals surface area contributed by atoms with E-state index >= 15 is 0 Å². The van der Waals surface area contributed by atoms with Crippen LogP contribution in [-0.2, 0) is 4.79 Å². The van der Waals surface area contributed by atoms with Crippen molar-refractivity contribution in [2.24, 2.45) is 4.99 Å². The number of amides is 1. The summed E-state index contributed by atoms with van der Waals surface area (Å²) in [5.74, 6) is 0.694. The number of amidine groups is 1. The van der Waals surface area contributed by atoms with Gasteiger partial charge in [0.05, 0.1) is 17.7 Å². The summed E-state index contributed by atoms with van der Waals surface area (Å²) >= 11 is 1.39. The molecule has 0 aromatic heterocycles. The molecule has 0 aliphatic carbocycles. The highest BCUT2D eigenvalue weighted by molar-refractivity contribution is 8.18. The third-order valence-electron chi connectivity index (χ3n) is 5.70. The smallest absolute Gasteiger partial charge is 0.268 e. The summed E-state index contributed by atoms with van der Waals surface area (Å²) in [6.45, 7) is 0.325. The summed E-state index contributed by atoms with van der Waals surface area (Å²) in [5.41, 5.74) is 3.71. The number of aliphatic imine (C=N–C) groups is 1. The molecule has 36 heavy (non-hydrogen) atoms. The number of carbonyl (C=O) groups excluding carboxylic acids is 1. The van der Waals surface area contributed by atoms with E-state index in [-0.39, 0.29) is 5.91 Å². The minimum Gasteiger partial charge on any atom is -0.497 e. The average Bonchev–Trinajstić information content (AvgIpc) is 3.22. The normalized spacial score (nSPS) is 15.5. The van der Waals surface area contributed by atoms with Gasteiger partial charge in [-0.25, -0.2) is 4.99 Å². The maximum Gasteiger partial charge on any atom is 0.268 e. The highest BCUT2D eigenvalue weighted by atomic mass is 32.2. The lowest BCUT2D eigenvalue weighted by Gasteiger charge is -2.29. The molecule has 1 saturated heterocycles. The molecule has 1 aliphatic heterocycles. The van der Waals surface area contributed by atoms with E-state index in [1.165, 1.54) is 11.8 Å². The lowest BCUT2D eigenvalue weighted by atomic mass is 10.2. The lowest BCUT2D eigenvalue weighted by molar-refractivity contribution is -0.122. The first kappa shape index (κ1) is 23.5. The molecule has 1 aliphatic rings. The van der Waals surface area contributed by atoms with Crippen molar-refractivity contribution in [3.05, 3.63) is 126 Å². The first-order valence-corrected chi connectivity index (χ1v) is 12.4. The standard InChI is InChI=1S/C30H25N3O2S/c1-35-27-19-17-23(18-20-27)21-28-29(34)33(30(36-28)31-24-11-5-2-6-12-24)22-32(25-13-7-3-8-14-25)26-15-9-4-10-16-26/h2-21H,22H2,1H3/b28-21+,31-30?. The van der Waals surface area contributed by atoms with E-state index in [0.717, 1.165) is 28.4 Å². The SMILES string of the molecule is COc1ccc(/C=C2/SC(=Nc3ccccc3)N(CN(c3ccccc3)c3ccccc3)C2=O)cc1. The first-order chi connectivity index (χ1) is 17.7. The summed E-state index contributed by atoms with van der Waals surface area (Å²) < 4.78 is 5.26. The maximum atomic E-state index is 13.7. The zero-order chi connectivity index (χ0) is 24.7. The number of para-hydroxylation sites is 3. The Labute approximate surface area is 215 Å². The molecule has 1 fully saturated rings. The van der Waals surface area contributed by atoms with Gasteiger partial charge in [-0.05, 0) is 71.9 Å². The minimum absolute atomic E-state index is 0.0811. The van der Waals surface area contributed by atoms with Gasteiger partial charge in [0.2, 0.25) is 0 Å². The molecule has 5 nitrogen and oxygen atoms in total. The number of rotatable bonds is 7. The molecule has 5 rings (SSSR count). The Morgan fingerprint density at radius 3 is 1.92 bits per heavy atom. The van der Waals surface area contributed by atoms with Gasteiger partial charge in [0.25, 0.3) is 5.91 Å². The van der Waals surface area contributed by atoms with Crippen LogP contribution in [0, 0.1) is 0 Å². The molecule has 0 saturated carbocycles. The summed E-state index contributed by atoms with van der Waals surface area (Å²) in [7, 11) is 1.64. The van der Waals surface area contributed by atoms with E-state index in [0.29, 0.717) is 16.7 Å². The fourth-order valence-electron chi connectivity index (χ4n) is 3.85. The van der Waals surface area contributed by atoms with E-state index in [2.05, 4.69) is 4.90 Å². The van der Waals surface area contributed by atoms with Gasteiger partial charge in [-0.3, -0.25) is 9.69 Å². The molecule has 4 aromatic carbocycles. The van der Waals surface area contributed by atoms with Crippen molar-refractivity contribution in [3.8, 4) is 5.75 Å². The van der Waals surface area contributed by atoms with Crippen molar-refractivity contribution in [2.45, 2.75) is 0 Å². The van der Waals surface area contributed by atoms with Crippen LogP contribution in [0.25, 0.3) is 6.08 Å². The molecule has 0 radical (unpaired) electrons. The molecule has 1 amide bonds. The van der Waals surface area contributed by atoms with Crippen LogP contribution in [0.15, 0.2) is 125 Å². The fraction of sp³-hybridized carbons (Fsp3) is 0.0667. The van der Waals surface area contributed by atoms with Gasteiger partial charge >= 0.3 is 0 Å². The number of carbonyl (C=O) groups is 1. The molecule has 0 atom stereocenters. The number of hydrogen-bond acceptors (Lipinski definition) is 5. The Kier molecular flexibility index (Phi) is 7.15. The number of methoxy groups -OCH3 is 1. The first-order valence-electron chi connectivity index (χ1n) is 11.6. The number of nitrogens with zero attached hydrogens (tertiary/aromatic N) is 3. The molecule has 0 N–H and O–H groups in total. The number of ether oxygens (including phenoxy) is 1. The second-order valence-corrected chi connectivity index (χ2v) is 9.10. The van der Waals surface area contributed by atoms with Crippen molar-refractivity contribution in [3.63, 3.8) is 0 Å². The third kappa shape index (κ3) is 5.34. The van der Waals surface area contributed by atoms with E-state index < -0.39 is 0 Å². The van der Waals surface area contributed by atoms with Crippen LogP contribution in [0.4, 0.5) is 17.1 Å². The van der Waals surface area contributed by atoms with Crippen LogP contribution in [0.5, 0.6) is 5.75 Å². The van der Waals surface area contributed by atoms with Crippen molar-refractivity contribution < 1.29 is 9.53 Å². The molecule has 6 heteroatoms. The van der Waals surface area contributed by atoms with Crippen molar-refractivity contribution in [2.75, 3.05) is 18.7 Å². The highest BCUT2D eigenvalue weighted by Gasteiger charge is 2.35. The van der Waals surface area contributed by atoms with Crippen LogP contribution < -0.4 is 9.64 Å². The number of hydrogen-bond donors (Lipinski definition) is 0. The zero-order valence-electron chi connectivity index (χ0n) is 19.8. The van der Waals surface area contributed by atoms with Crippen LogP contribution in [-0.4, -0.2) is 29.8 Å². The van der Waals surface area contributed by atoms with Crippen LogP contribution >= 0.6 is 11.8 Å². The predicted molar refractivity (Wildman–Crippen MR) is 149 cm³/mol. The van der Waals surface area contributed by atoms with Gasteiger partial charge in [-0.15, -0.1) is 0 Å². The molecule has 4 aromatic rings. The average molecular weight is 492 g/mol. The Bertz CT molecular complexity index is 1330. The Morgan fingerprint density at radius 1 is 0.806 bits per heavy atom. The van der Waals surface area contributed by atoms with E-state index in [1.54, 1.807) is 12.0 Å². The van der Waals surface area contributed by atoms with E-state index in [9.17, 15) is 4.79 Å². The molecule has 0 unspecified atom stereocenters. The van der Waals surface area contributed by atoms with Crippen molar-refractivity contribution >= 4 is 46.0 Å². The van der Waals surface area contributed by atoms with Gasteiger partial charge in [0.15, 0.2) is 5.17 Å². The van der Waals surface area contributed by atoms with Gasteiger partial charge in [0.1, 0.15) is 12.4 Å². The van der Waals surface area contributed by atoms with E-state index in [1.807, 2.05) is 121 Å². The van der Waals surface area contributed by atoms with Crippen LogP contribution in [0.1, 0.15) is 5.56 Å². The van der Waals surface area contributed by atoms with Crippen molar-refractivity contribution in [1.82, 2.24) is 4.90 Å². The van der Waals surface area contributed by atoms with E-state index in [4.69, 9.17) is 9.73 Å². The zero-order valence-corrected chi connectivity index (χ0v) is 20.6. The molecular formula is C30H25N3O2S. The molecular weight excluding hydrogens is 466 g/mol. The summed E-state index contributed by atoms with van der Waals surface area (Å²) in [5, 5.41) is 0.642. The molecule has 178 valence electrons. The molecule has 1 heterocycles. The second-order valence-electron chi connectivity index (χ2n) is 8.09. The predicted octanol–water partition coefficient (Wildman–Crippen LogP) is 7.10. The number of benzene rings is 4. The third-order valence-corrected chi connectivity index (χ3v) is 6.71. The second kappa shape index (κ2) is 11.0. The summed E-state index contributed by atoms with van der Waals surface area (Å²) in [4.78, 5) is 23.1. The lowest BCUT2D eigenvalue weighted by Crippen LogP contribution is -2.38. The summed E-state index contributed by atoms with van der Waals surface area (Å²) in [6, 6.07) is 37.5. The monoisotopic (exact) mass is 491 g/mol.